The lowest BCUT2D eigenvalue weighted by atomic mass is 9.72. The van der Waals surface area contributed by atoms with Crippen LogP contribution >= 0.6 is 0 Å². The summed E-state index contributed by atoms with van der Waals surface area (Å²) < 4.78 is 26.6. The standard InChI is InChI=1S/C17H26F2O/c1-5-7-13-8-10-14(11-9-13)17(20,12(3)4)15(6-2)16(18)19/h8-12,15-16,20H,5-7H2,1-4H3. The van der Waals surface area contributed by atoms with Gasteiger partial charge in [0.1, 0.15) is 5.60 Å². The van der Waals surface area contributed by atoms with Crippen molar-refractivity contribution < 1.29 is 13.9 Å². The van der Waals surface area contributed by atoms with E-state index in [1.165, 1.54) is 5.56 Å². The summed E-state index contributed by atoms with van der Waals surface area (Å²) in [5.74, 6) is -1.31. The van der Waals surface area contributed by atoms with Gasteiger partial charge in [0.05, 0.1) is 5.92 Å². The van der Waals surface area contributed by atoms with Crippen molar-refractivity contribution >= 4 is 0 Å². The Morgan fingerprint density at radius 2 is 1.65 bits per heavy atom. The van der Waals surface area contributed by atoms with Gasteiger partial charge in [0.15, 0.2) is 0 Å². The van der Waals surface area contributed by atoms with Gasteiger partial charge in [0.2, 0.25) is 6.43 Å². The summed E-state index contributed by atoms with van der Waals surface area (Å²) >= 11 is 0. The molecular formula is C17H26F2O. The summed E-state index contributed by atoms with van der Waals surface area (Å²) in [6.07, 6.45) is -0.263. The third kappa shape index (κ3) is 3.38. The molecule has 0 aliphatic heterocycles. The normalized spacial score (nSPS) is 16.4. The highest BCUT2D eigenvalue weighted by atomic mass is 19.3. The van der Waals surface area contributed by atoms with Crippen molar-refractivity contribution in [2.75, 3.05) is 0 Å². The zero-order chi connectivity index (χ0) is 15.3. The molecule has 20 heavy (non-hydrogen) atoms. The van der Waals surface area contributed by atoms with Crippen LogP contribution in [0.15, 0.2) is 24.3 Å². The van der Waals surface area contributed by atoms with E-state index in [9.17, 15) is 13.9 Å². The van der Waals surface area contributed by atoms with Crippen molar-refractivity contribution in [3.05, 3.63) is 35.4 Å². The van der Waals surface area contributed by atoms with Gasteiger partial charge in [-0.2, -0.15) is 0 Å². The SMILES string of the molecule is CCCc1ccc(C(O)(C(C)C)C(CC)C(F)F)cc1. The summed E-state index contributed by atoms with van der Waals surface area (Å²) in [5, 5.41) is 10.9. The van der Waals surface area contributed by atoms with Crippen LogP contribution in [0.25, 0.3) is 0 Å². The van der Waals surface area contributed by atoms with Gasteiger partial charge in [-0.1, -0.05) is 58.4 Å². The maximum atomic E-state index is 13.3. The molecule has 0 spiro atoms. The zero-order valence-corrected chi connectivity index (χ0v) is 12.9. The van der Waals surface area contributed by atoms with Crippen LogP contribution in [-0.4, -0.2) is 11.5 Å². The second-order valence-electron chi connectivity index (χ2n) is 5.78. The summed E-state index contributed by atoms with van der Waals surface area (Å²) in [7, 11) is 0. The summed E-state index contributed by atoms with van der Waals surface area (Å²) in [5.41, 5.74) is 0.292. The van der Waals surface area contributed by atoms with E-state index in [1.54, 1.807) is 32.9 Å². The first-order chi connectivity index (χ1) is 9.37. The number of alkyl halides is 2. The molecular weight excluding hydrogens is 258 g/mol. The molecule has 1 N–H and O–H groups in total. The molecule has 0 amide bonds. The predicted octanol–water partition coefficient (Wildman–Crippen LogP) is 4.77. The Morgan fingerprint density at radius 3 is 2.00 bits per heavy atom. The van der Waals surface area contributed by atoms with Crippen LogP contribution in [0.5, 0.6) is 0 Å². The summed E-state index contributed by atoms with van der Waals surface area (Å²) in [6.45, 7) is 7.40. The number of hydrogen-bond donors (Lipinski definition) is 1. The second-order valence-corrected chi connectivity index (χ2v) is 5.78. The molecule has 0 aliphatic rings. The molecule has 0 bridgehead atoms. The fraction of sp³-hybridized carbons (Fsp3) is 0.647. The van der Waals surface area contributed by atoms with Crippen molar-refractivity contribution in [1.29, 1.82) is 0 Å². The second kappa shape index (κ2) is 7.16. The number of rotatable bonds is 7. The van der Waals surface area contributed by atoms with Crippen molar-refractivity contribution in [2.45, 2.75) is 59.0 Å². The molecule has 0 saturated carbocycles. The first-order valence-corrected chi connectivity index (χ1v) is 7.47. The fourth-order valence-electron chi connectivity index (χ4n) is 2.88. The van der Waals surface area contributed by atoms with E-state index >= 15 is 0 Å². The molecule has 1 aromatic rings. The van der Waals surface area contributed by atoms with E-state index in [-0.39, 0.29) is 12.3 Å². The Hall–Kier alpha value is -0.960. The van der Waals surface area contributed by atoms with E-state index < -0.39 is 17.9 Å². The first kappa shape index (κ1) is 17.1. The number of aliphatic hydroxyl groups is 1. The van der Waals surface area contributed by atoms with Gasteiger partial charge < -0.3 is 5.11 Å². The lowest BCUT2D eigenvalue weighted by Gasteiger charge is -2.39. The van der Waals surface area contributed by atoms with Crippen LogP contribution in [0, 0.1) is 11.8 Å². The molecule has 0 radical (unpaired) electrons. The Bertz CT molecular complexity index is 400. The number of aryl methyl sites for hydroxylation is 1. The maximum Gasteiger partial charge on any atom is 0.244 e. The van der Waals surface area contributed by atoms with Crippen molar-refractivity contribution in [2.24, 2.45) is 11.8 Å². The van der Waals surface area contributed by atoms with Crippen molar-refractivity contribution in [3.63, 3.8) is 0 Å². The summed E-state index contributed by atoms with van der Waals surface area (Å²) in [6, 6.07) is 7.47. The van der Waals surface area contributed by atoms with Crippen LogP contribution in [0.3, 0.4) is 0 Å². The average Bonchev–Trinajstić information content (AvgIpc) is 2.39. The third-order valence-corrected chi connectivity index (χ3v) is 4.14. The van der Waals surface area contributed by atoms with Crippen LogP contribution in [-0.2, 0) is 12.0 Å². The fourth-order valence-corrected chi connectivity index (χ4v) is 2.88. The molecule has 1 aromatic carbocycles. The minimum absolute atomic E-state index is 0.253. The molecule has 0 heterocycles. The Kier molecular flexibility index (Phi) is 6.12. The van der Waals surface area contributed by atoms with Crippen molar-refractivity contribution in [1.82, 2.24) is 0 Å². The lowest BCUT2D eigenvalue weighted by Crippen LogP contribution is -2.43. The van der Waals surface area contributed by atoms with Gasteiger partial charge in [-0.25, -0.2) is 8.78 Å². The van der Waals surface area contributed by atoms with Gasteiger partial charge in [0.25, 0.3) is 0 Å². The Labute approximate surface area is 121 Å². The molecule has 0 aromatic heterocycles. The molecule has 1 nitrogen and oxygen atoms in total. The van der Waals surface area contributed by atoms with E-state index in [4.69, 9.17) is 0 Å². The van der Waals surface area contributed by atoms with Gasteiger partial charge in [-0.05, 0) is 29.9 Å². The van der Waals surface area contributed by atoms with Crippen LogP contribution in [0.2, 0.25) is 0 Å². The monoisotopic (exact) mass is 284 g/mol. The molecule has 1 rings (SSSR count). The highest BCUT2D eigenvalue weighted by Gasteiger charge is 2.44. The van der Waals surface area contributed by atoms with Crippen LogP contribution in [0.4, 0.5) is 8.78 Å². The van der Waals surface area contributed by atoms with E-state index in [1.807, 2.05) is 12.1 Å². The highest BCUT2D eigenvalue weighted by molar-refractivity contribution is 5.29. The van der Waals surface area contributed by atoms with Crippen LogP contribution < -0.4 is 0 Å². The van der Waals surface area contributed by atoms with E-state index in [0.29, 0.717) is 5.56 Å². The number of benzene rings is 1. The topological polar surface area (TPSA) is 20.2 Å². The minimum atomic E-state index is -2.53. The van der Waals surface area contributed by atoms with Crippen LogP contribution in [0.1, 0.15) is 51.7 Å². The molecule has 114 valence electrons. The predicted molar refractivity (Wildman–Crippen MR) is 79.0 cm³/mol. The average molecular weight is 284 g/mol. The third-order valence-electron chi connectivity index (χ3n) is 4.14. The molecule has 0 aliphatic carbocycles. The van der Waals surface area contributed by atoms with Gasteiger partial charge in [-0.3, -0.25) is 0 Å². The lowest BCUT2D eigenvalue weighted by molar-refractivity contribution is -0.121. The number of halogens is 2. The zero-order valence-electron chi connectivity index (χ0n) is 12.9. The smallest absolute Gasteiger partial charge is 0.244 e. The van der Waals surface area contributed by atoms with Gasteiger partial charge in [0, 0.05) is 0 Å². The number of hydrogen-bond acceptors (Lipinski definition) is 1. The molecule has 0 saturated heterocycles. The van der Waals surface area contributed by atoms with E-state index in [0.717, 1.165) is 12.8 Å². The highest BCUT2D eigenvalue weighted by Crippen LogP contribution is 2.41. The molecule has 2 atom stereocenters. The first-order valence-electron chi connectivity index (χ1n) is 7.47. The van der Waals surface area contributed by atoms with Gasteiger partial charge >= 0.3 is 0 Å². The Balaban J connectivity index is 3.18. The quantitative estimate of drug-likeness (QED) is 0.764. The minimum Gasteiger partial charge on any atom is -0.384 e. The summed E-state index contributed by atoms with van der Waals surface area (Å²) in [4.78, 5) is 0. The maximum absolute atomic E-state index is 13.3. The molecule has 2 unspecified atom stereocenters. The van der Waals surface area contributed by atoms with Gasteiger partial charge in [-0.15, -0.1) is 0 Å². The molecule has 0 fully saturated rings. The largest absolute Gasteiger partial charge is 0.384 e. The molecule has 3 heteroatoms. The van der Waals surface area contributed by atoms with Crippen molar-refractivity contribution in [3.8, 4) is 0 Å². The van der Waals surface area contributed by atoms with E-state index in [2.05, 4.69) is 6.92 Å². The Morgan fingerprint density at radius 1 is 1.10 bits per heavy atom.